The number of morpholine rings is 1. The van der Waals surface area contributed by atoms with Crippen molar-refractivity contribution in [3.05, 3.63) is 24.3 Å². The Kier molecular flexibility index (Phi) is 7.87. The van der Waals surface area contributed by atoms with Crippen LogP contribution in [0.3, 0.4) is 0 Å². The molecule has 1 aromatic rings. The minimum absolute atomic E-state index is 0.0210. The normalized spacial score (nSPS) is 14.9. The molecule has 0 atom stereocenters. The first-order valence-electron chi connectivity index (χ1n) is 9.08. The largest absolute Gasteiger partial charge is 0.489 e. The number of para-hydroxylation sites is 2. The Morgan fingerprint density at radius 3 is 2.62 bits per heavy atom. The van der Waals surface area contributed by atoms with Crippen molar-refractivity contribution < 1.29 is 19.1 Å². The number of benzene rings is 1. The molecule has 0 radical (unpaired) electrons. The number of nitrogens with zero attached hydrogens (tertiary/aromatic N) is 2. The van der Waals surface area contributed by atoms with Crippen LogP contribution in [0.1, 0.15) is 20.8 Å². The first kappa shape index (κ1) is 20.2. The highest BCUT2D eigenvalue weighted by molar-refractivity contribution is 5.98. The topological polar surface area (TPSA) is 71.1 Å². The lowest BCUT2D eigenvalue weighted by Crippen LogP contribution is -2.44. The van der Waals surface area contributed by atoms with Crippen molar-refractivity contribution in [3.63, 3.8) is 0 Å². The maximum Gasteiger partial charge on any atom is 0.240 e. The Morgan fingerprint density at radius 2 is 1.96 bits per heavy atom. The zero-order chi connectivity index (χ0) is 18.9. The van der Waals surface area contributed by atoms with Crippen molar-refractivity contribution in [2.75, 3.05) is 50.8 Å². The van der Waals surface area contributed by atoms with Crippen molar-refractivity contribution in [1.82, 2.24) is 10.2 Å². The molecule has 144 valence electrons. The summed E-state index contributed by atoms with van der Waals surface area (Å²) < 4.78 is 11.1. The smallest absolute Gasteiger partial charge is 0.240 e. The Morgan fingerprint density at radius 1 is 1.27 bits per heavy atom. The van der Waals surface area contributed by atoms with E-state index in [4.69, 9.17) is 9.47 Å². The number of nitrogens with one attached hydrogen (secondary N) is 1. The van der Waals surface area contributed by atoms with Gasteiger partial charge in [-0.25, -0.2) is 0 Å². The van der Waals surface area contributed by atoms with E-state index in [1.54, 1.807) is 6.07 Å². The highest BCUT2D eigenvalue weighted by Crippen LogP contribution is 2.28. The monoisotopic (exact) mass is 363 g/mol. The summed E-state index contributed by atoms with van der Waals surface area (Å²) in [7, 11) is 0. The third-order valence-corrected chi connectivity index (χ3v) is 4.05. The summed E-state index contributed by atoms with van der Waals surface area (Å²) in [6, 6.07) is 7.28. The second kappa shape index (κ2) is 10.1. The molecule has 26 heavy (non-hydrogen) atoms. The summed E-state index contributed by atoms with van der Waals surface area (Å²) in [5.74, 6) is 0.208. The molecule has 2 amide bonds. The maximum atomic E-state index is 12.3. The summed E-state index contributed by atoms with van der Waals surface area (Å²) in [5.41, 5.74) is 0.608. The number of rotatable bonds is 8. The van der Waals surface area contributed by atoms with E-state index in [1.165, 1.54) is 11.8 Å². The van der Waals surface area contributed by atoms with Gasteiger partial charge in [0.05, 0.1) is 25.0 Å². The van der Waals surface area contributed by atoms with E-state index in [1.807, 2.05) is 32.0 Å². The van der Waals surface area contributed by atoms with E-state index >= 15 is 0 Å². The van der Waals surface area contributed by atoms with Crippen LogP contribution in [-0.2, 0) is 14.3 Å². The molecule has 7 nitrogen and oxygen atoms in total. The quantitative estimate of drug-likeness (QED) is 0.753. The molecule has 0 saturated carbocycles. The van der Waals surface area contributed by atoms with Gasteiger partial charge in [-0.2, -0.15) is 0 Å². The molecular formula is C19H29N3O4. The molecule has 0 spiro atoms. The molecule has 2 rings (SSSR count). The van der Waals surface area contributed by atoms with Gasteiger partial charge in [-0.05, 0) is 26.0 Å². The first-order chi connectivity index (χ1) is 12.5. The molecule has 0 aromatic heterocycles. The second-order valence-corrected chi connectivity index (χ2v) is 6.54. The van der Waals surface area contributed by atoms with Gasteiger partial charge in [0.2, 0.25) is 11.8 Å². The van der Waals surface area contributed by atoms with Crippen molar-refractivity contribution in [3.8, 4) is 5.75 Å². The minimum atomic E-state index is -0.201. The van der Waals surface area contributed by atoms with Gasteiger partial charge in [0.15, 0.2) is 0 Å². The summed E-state index contributed by atoms with van der Waals surface area (Å²) in [5, 5.41) is 2.89. The van der Waals surface area contributed by atoms with E-state index in [0.717, 1.165) is 32.8 Å². The molecule has 1 aliphatic heterocycles. The predicted molar refractivity (Wildman–Crippen MR) is 101 cm³/mol. The lowest BCUT2D eigenvalue weighted by Gasteiger charge is -2.27. The lowest BCUT2D eigenvalue weighted by molar-refractivity contribution is -0.123. The molecular weight excluding hydrogens is 334 g/mol. The van der Waals surface area contributed by atoms with Crippen LogP contribution in [0, 0.1) is 0 Å². The zero-order valence-corrected chi connectivity index (χ0v) is 15.9. The van der Waals surface area contributed by atoms with E-state index in [-0.39, 0.29) is 24.5 Å². The molecule has 0 unspecified atom stereocenters. The van der Waals surface area contributed by atoms with Crippen LogP contribution in [0.2, 0.25) is 0 Å². The molecule has 0 aliphatic carbocycles. The summed E-state index contributed by atoms with van der Waals surface area (Å²) in [6.07, 6.45) is -0.0210. The number of anilines is 1. The molecule has 0 bridgehead atoms. The highest BCUT2D eigenvalue weighted by atomic mass is 16.5. The number of amides is 2. The van der Waals surface area contributed by atoms with Crippen LogP contribution in [0.5, 0.6) is 5.75 Å². The average molecular weight is 363 g/mol. The van der Waals surface area contributed by atoms with Gasteiger partial charge in [0.1, 0.15) is 12.3 Å². The third kappa shape index (κ3) is 6.31. The van der Waals surface area contributed by atoms with Crippen molar-refractivity contribution in [2.24, 2.45) is 0 Å². The molecule has 7 heteroatoms. The lowest BCUT2D eigenvalue weighted by atomic mass is 10.2. The van der Waals surface area contributed by atoms with Crippen LogP contribution in [-0.4, -0.2) is 68.8 Å². The number of hydrogen-bond acceptors (Lipinski definition) is 5. The SMILES string of the molecule is CC(=O)N(CC(=O)NCCN1CCOCC1)c1ccccc1OC(C)C. The molecule has 1 heterocycles. The molecule has 1 fully saturated rings. The number of carbonyl (C=O) groups excluding carboxylic acids is 2. The fraction of sp³-hybridized carbons (Fsp3) is 0.579. The van der Waals surface area contributed by atoms with E-state index in [2.05, 4.69) is 10.2 Å². The zero-order valence-electron chi connectivity index (χ0n) is 15.9. The molecule has 1 aromatic carbocycles. The van der Waals surface area contributed by atoms with Crippen LogP contribution >= 0.6 is 0 Å². The number of hydrogen-bond donors (Lipinski definition) is 1. The standard InChI is InChI=1S/C19H29N3O4/c1-15(2)26-18-7-5-4-6-17(18)22(16(3)23)14-19(24)20-8-9-21-10-12-25-13-11-21/h4-7,15H,8-14H2,1-3H3,(H,20,24). The Balaban J connectivity index is 1.93. The van der Waals surface area contributed by atoms with Crippen molar-refractivity contribution in [2.45, 2.75) is 26.9 Å². The van der Waals surface area contributed by atoms with Gasteiger partial charge in [-0.15, -0.1) is 0 Å². The van der Waals surface area contributed by atoms with E-state index < -0.39 is 0 Å². The van der Waals surface area contributed by atoms with Gasteiger partial charge in [0.25, 0.3) is 0 Å². The number of ether oxygens (including phenoxy) is 2. The van der Waals surface area contributed by atoms with Gasteiger partial charge in [-0.3, -0.25) is 19.4 Å². The van der Waals surface area contributed by atoms with Crippen molar-refractivity contribution in [1.29, 1.82) is 0 Å². The Labute approximate surface area is 155 Å². The van der Waals surface area contributed by atoms with Gasteiger partial charge < -0.3 is 14.8 Å². The predicted octanol–water partition coefficient (Wildman–Crippen LogP) is 1.28. The first-order valence-corrected chi connectivity index (χ1v) is 9.08. The van der Waals surface area contributed by atoms with E-state index in [0.29, 0.717) is 18.0 Å². The second-order valence-electron chi connectivity index (χ2n) is 6.54. The number of carbonyl (C=O) groups is 2. The highest BCUT2D eigenvalue weighted by Gasteiger charge is 2.20. The van der Waals surface area contributed by atoms with Crippen LogP contribution in [0.25, 0.3) is 0 Å². The van der Waals surface area contributed by atoms with Gasteiger partial charge in [-0.1, -0.05) is 12.1 Å². The summed E-state index contributed by atoms with van der Waals surface area (Å²) >= 11 is 0. The fourth-order valence-electron chi connectivity index (χ4n) is 2.78. The van der Waals surface area contributed by atoms with Crippen LogP contribution in [0.4, 0.5) is 5.69 Å². The fourth-order valence-corrected chi connectivity index (χ4v) is 2.78. The van der Waals surface area contributed by atoms with Crippen LogP contribution < -0.4 is 15.0 Å². The Bertz CT molecular complexity index is 600. The van der Waals surface area contributed by atoms with Gasteiger partial charge in [0, 0.05) is 33.1 Å². The van der Waals surface area contributed by atoms with Crippen LogP contribution in [0.15, 0.2) is 24.3 Å². The molecule has 1 aliphatic rings. The third-order valence-electron chi connectivity index (χ3n) is 4.05. The van der Waals surface area contributed by atoms with E-state index in [9.17, 15) is 9.59 Å². The Hall–Kier alpha value is -2.12. The average Bonchev–Trinajstić information content (AvgIpc) is 2.60. The molecule has 1 saturated heterocycles. The summed E-state index contributed by atoms with van der Waals surface area (Å²) in [6.45, 7) is 9.84. The summed E-state index contributed by atoms with van der Waals surface area (Å²) in [4.78, 5) is 28.1. The van der Waals surface area contributed by atoms with Gasteiger partial charge >= 0.3 is 0 Å². The minimum Gasteiger partial charge on any atom is -0.489 e. The van der Waals surface area contributed by atoms with Crippen molar-refractivity contribution >= 4 is 17.5 Å². The molecule has 1 N–H and O–H groups in total. The maximum absolute atomic E-state index is 12.3.